The van der Waals surface area contributed by atoms with Crippen LogP contribution in [0.1, 0.15) is 304 Å². The van der Waals surface area contributed by atoms with Gasteiger partial charge in [-0.15, -0.1) is 0 Å². The van der Waals surface area contributed by atoms with E-state index in [0.717, 1.165) is 115 Å². The summed E-state index contributed by atoms with van der Waals surface area (Å²) < 4.78 is 67.8. The summed E-state index contributed by atoms with van der Waals surface area (Å²) in [6.45, 7) is 7.09. The van der Waals surface area contributed by atoms with Crippen LogP contribution in [0, 0.1) is 5.92 Å². The number of unbranched alkanes of at least 4 members (excludes halogenated alkanes) is 32. The third-order valence-electron chi connectivity index (χ3n) is 14.4. The lowest BCUT2D eigenvalue weighted by molar-refractivity contribution is -0.161. The second kappa shape index (κ2) is 55.0. The number of phosphoric acid groups is 2. The van der Waals surface area contributed by atoms with Gasteiger partial charge >= 0.3 is 39.5 Å². The Hall–Kier alpha value is -1.94. The van der Waals surface area contributed by atoms with E-state index in [4.69, 9.17) is 37.0 Å². The summed E-state index contributed by atoms with van der Waals surface area (Å²) in [7, 11) is -9.87. The molecule has 0 bridgehead atoms. The van der Waals surface area contributed by atoms with Gasteiger partial charge in [-0.05, 0) is 31.6 Å². The molecule has 6 atom stereocenters. The molecule has 0 aromatic rings. The van der Waals surface area contributed by atoms with Crippen molar-refractivity contribution in [3.8, 4) is 0 Å². The zero-order valence-electron chi connectivity index (χ0n) is 51.2. The van der Waals surface area contributed by atoms with Gasteiger partial charge in [0.25, 0.3) is 0 Å². The Kier molecular flexibility index (Phi) is 53.6. The van der Waals surface area contributed by atoms with Crippen LogP contribution in [0.15, 0.2) is 0 Å². The summed E-state index contributed by atoms with van der Waals surface area (Å²) in [6.07, 6.45) is 37.6. The van der Waals surface area contributed by atoms with E-state index in [2.05, 4.69) is 34.6 Å². The van der Waals surface area contributed by atoms with E-state index in [1.165, 1.54) is 109 Å². The highest BCUT2D eigenvalue weighted by molar-refractivity contribution is 7.47. The Morgan fingerprint density at radius 2 is 0.600 bits per heavy atom. The lowest BCUT2D eigenvalue weighted by Gasteiger charge is -2.21. The zero-order valence-corrected chi connectivity index (χ0v) is 53.0. The minimum Gasteiger partial charge on any atom is -0.462 e. The lowest BCUT2D eigenvalue weighted by atomic mass is 10.00. The fourth-order valence-corrected chi connectivity index (χ4v) is 10.6. The summed E-state index contributed by atoms with van der Waals surface area (Å²) in [5.41, 5.74) is 0. The maximum atomic E-state index is 12.9. The minimum absolute atomic E-state index is 0.106. The molecule has 0 saturated heterocycles. The number of aliphatic hydroxyl groups is 1. The van der Waals surface area contributed by atoms with Crippen molar-refractivity contribution in [1.82, 2.24) is 0 Å². The first kappa shape index (κ1) is 78.1. The number of carbonyl (C=O) groups excluding carboxylic acids is 4. The molecule has 474 valence electrons. The Labute approximate surface area is 486 Å². The van der Waals surface area contributed by atoms with Crippen LogP contribution in [0.4, 0.5) is 0 Å². The molecule has 80 heavy (non-hydrogen) atoms. The Bertz CT molecular complexity index is 1570. The highest BCUT2D eigenvalue weighted by atomic mass is 31.2. The second-order valence-corrected chi connectivity index (χ2v) is 25.2. The molecule has 17 nitrogen and oxygen atoms in total. The maximum absolute atomic E-state index is 12.9. The van der Waals surface area contributed by atoms with Gasteiger partial charge in [0, 0.05) is 25.7 Å². The number of aliphatic hydroxyl groups excluding tert-OH is 1. The highest BCUT2D eigenvalue weighted by Crippen LogP contribution is 2.45. The molecule has 0 aromatic carbocycles. The number of hydrogen-bond donors (Lipinski definition) is 3. The Morgan fingerprint density at radius 1 is 0.350 bits per heavy atom. The standard InChI is InChI=1S/C61H118O17P2/c1-6-10-13-16-19-21-23-24-25-27-30-37-42-47-61(66)78-57(51-72-59(64)45-40-35-32-31-33-38-43-54(5)9-4)53-76-80(69,70)74-49-55(62)48-73-79(67,68)75-52-56(50-71-58(63)44-39-34-28-18-15-12-8-3)77-60(65)46-41-36-29-26-22-20-17-14-11-7-2/h54-57,62H,6-53H2,1-5H3,(H,67,68)(H,69,70)/t54?,55-,56+,57+/m0/s1. The number of phosphoric ester groups is 2. The van der Waals surface area contributed by atoms with Crippen molar-refractivity contribution in [2.75, 3.05) is 39.6 Å². The van der Waals surface area contributed by atoms with E-state index in [1.54, 1.807) is 0 Å². The van der Waals surface area contributed by atoms with Crippen molar-refractivity contribution in [3.05, 3.63) is 0 Å². The van der Waals surface area contributed by atoms with Gasteiger partial charge in [0.2, 0.25) is 0 Å². The number of hydrogen-bond acceptors (Lipinski definition) is 15. The van der Waals surface area contributed by atoms with Gasteiger partial charge in [0.15, 0.2) is 12.2 Å². The average molecular weight is 1190 g/mol. The monoisotopic (exact) mass is 1180 g/mol. The molecule has 0 spiro atoms. The first-order valence-electron chi connectivity index (χ1n) is 32.2. The van der Waals surface area contributed by atoms with E-state index in [0.29, 0.717) is 25.7 Å². The SMILES string of the molecule is CCCCCCCCCCCCCCCC(=O)O[C@H](COC(=O)CCCCCCCCC(C)CC)COP(=O)(O)OC[C@@H](O)COP(=O)(O)OC[C@@H](COC(=O)CCCCCCCCC)OC(=O)CCCCCCCCCCCC. The predicted molar refractivity (Wildman–Crippen MR) is 317 cm³/mol. The van der Waals surface area contributed by atoms with Crippen molar-refractivity contribution >= 4 is 39.5 Å². The zero-order chi connectivity index (χ0) is 59.2. The lowest BCUT2D eigenvalue weighted by Crippen LogP contribution is -2.30. The molecule has 0 saturated carbocycles. The van der Waals surface area contributed by atoms with Crippen LogP contribution in [-0.2, 0) is 65.4 Å². The summed E-state index contributed by atoms with van der Waals surface area (Å²) >= 11 is 0. The van der Waals surface area contributed by atoms with Crippen molar-refractivity contribution in [1.29, 1.82) is 0 Å². The Balaban J connectivity index is 5.22. The fourth-order valence-electron chi connectivity index (χ4n) is 9.02. The number of rotatable bonds is 61. The van der Waals surface area contributed by atoms with Crippen LogP contribution >= 0.6 is 15.6 Å². The normalized spacial score (nSPS) is 14.7. The summed E-state index contributed by atoms with van der Waals surface area (Å²) in [6, 6.07) is 0. The molecule has 0 radical (unpaired) electrons. The van der Waals surface area contributed by atoms with Crippen molar-refractivity contribution in [2.24, 2.45) is 5.92 Å². The topological polar surface area (TPSA) is 237 Å². The molecular weight excluding hydrogens is 1070 g/mol. The second-order valence-electron chi connectivity index (χ2n) is 22.3. The Morgan fingerprint density at radius 3 is 0.887 bits per heavy atom. The molecule has 0 aliphatic rings. The quantitative estimate of drug-likeness (QED) is 0.0222. The number of ether oxygens (including phenoxy) is 4. The summed E-state index contributed by atoms with van der Waals surface area (Å²) in [5, 5.41) is 10.5. The molecule has 19 heteroatoms. The van der Waals surface area contributed by atoms with Gasteiger partial charge in [0.1, 0.15) is 19.3 Å². The van der Waals surface area contributed by atoms with Gasteiger partial charge in [-0.1, -0.05) is 253 Å². The fraction of sp³-hybridized carbons (Fsp3) is 0.934. The molecule has 0 aromatic heterocycles. The first-order valence-corrected chi connectivity index (χ1v) is 35.2. The van der Waals surface area contributed by atoms with E-state index in [9.17, 15) is 43.2 Å². The van der Waals surface area contributed by atoms with Crippen LogP contribution in [-0.4, -0.2) is 96.7 Å². The largest absolute Gasteiger partial charge is 0.472 e. The molecular formula is C61H118O17P2. The van der Waals surface area contributed by atoms with E-state index >= 15 is 0 Å². The molecule has 3 N–H and O–H groups in total. The molecule has 0 aliphatic carbocycles. The van der Waals surface area contributed by atoms with Crippen molar-refractivity contribution in [3.63, 3.8) is 0 Å². The average Bonchev–Trinajstić information content (AvgIpc) is 3.43. The van der Waals surface area contributed by atoms with Gasteiger partial charge in [-0.25, -0.2) is 9.13 Å². The number of carbonyl (C=O) groups is 4. The maximum Gasteiger partial charge on any atom is 0.472 e. The molecule has 3 unspecified atom stereocenters. The summed E-state index contributed by atoms with van der Waals surface area (Å²) in [4.78, 5) is 71.9. The van der Waals surface area contributed by atoms with E-state index < -0.39 is 97.5 Å². The van der Waals surface area contributed by atoms with E-state index in [1.807, 2.05) is 0 Å². The van der Waals surface area contributed by atoms with Gasteiger partial charge in [-0.3, -0.25) is 37.3 Å². The molecule has 0 heterocycles. The molecule has 0 fully saturated rings. The minimum atomic E-state index is -4.94. The van der Waals surface area contributed by atoms with E-state index in [-0.39, 0.29) is 25.7 Å². The number of esters is 4. The van der Waals surface area contributed by atoms with Crippen LogP contribution in [0.25, 0.3) is 0 Å². The third kappa shape index (κ3) is 54.0. The molecule has 0 rings (SSSR count). The van der Waals surface area contributed by atoms with Crippen LogP contribution < -0.4 is 0 Å². The predicted octanol–water partition coefficient (Wildman–Crippen LogP) is 16.6. The van der Waals surface area contributed by atoms with Crippen LogP contribution in [0.3, 0.4) is 0 Å². The third-order valence-corrected chi connectivity index (χ3v) is 16.3. The molecule has 0 aliphatic heterocycles. The molecule has 0 amide bonds. The summed E-state index contributed by atoms with van der Waals surface area (Å²) in [5.74, 6) is -1.41. The van der Waals surface area contributed by atoms with Crippen molar-refractivity contribution in [2.45, 2.75) is 323 Å². The highest BCUT2D eigenvalue weighted by Gasteiger charge is 2.30. The smallest absolute Gasteiger partial charge is 0.462 e. The van der Waals surface area contributed by atoms with Crippen LogP contribution in [0.5, 0.6) is 0 Å². The van der Waals surface area contributed by atoms with Gasteiger partial charge in [-0.2, -0.15) is 0 Å². The van der Waals surface area contributed by atoms with Crippen molar-refractivity contribution < 1.29 is 80.2 Å². The van der Waals surface area contributed by atoms with Gasteiger partial charge < -0.3 is 33.8 Å². The van der Waals surface area contributed by atoms with Gasteiger partial charge in [0.05, 0.1) is 26.4 Å². The van der Waals surface area contributed by atoms with Crippen LogP contribution in [0.2, 0.25) is 0 Å². The first-order chi connectivity index (χ1) is 38.6.